The third-order valence-corrected chi connectivity index (χ3v) is 2.66. The lowest BCUT2D eigenvalue weighted by atomic mass is 10.4. The first kappa shape index (κ1) is 15.7. The van der Waals surface area contributed by atoms with Gasteiger partial charge in [0.05, 0.1) is 6.42 Å². The van der Waals surface area contributed by atoms with Gasteiger partial charge in [-0.25, -0.2) is 4.79 Å². The van der Waals surface area contributed by atoms with Crippen molar-refractivity contribution < 1.29 is 14.7 Å². The molecule has 2 amide bonds. The average molecular weight is 245 g/mol. The third-order valence-electron chi connectivity index (χ3n) is 2.66. The fourth-order valence-electron chi connectivity index (χ4n) is 1.38. The number of rotatable bonds is 4. The van der Waals surface area contributed by atoms with Crippen LogP contribution in [0.3, 0.4) is 0 Å². The van der Waals surface area contributed by atoms with Gasteiger partial charge in [0, 0.05) is 19.6 Å². The molecule has 6 heteroatoms. The predicted octanol–water partition coefficient (Wildman–Crippen LogP) is 0.574. The van der Waals surface area contributed by atoms with Crippen LogP contribution in [0.1, 0.15) is 26.2 Å². The molecule has 0 aromatic rings. The summed E-state index contributed by atoms with van der Waals surface area (Å²) in [6.45, 7) is 5.27. The number of nitrogens with zero attached hydrogens (tertiary/aromatic N) is 2. The molecule has 100 valence electrons. The number of hydrogen-bond acceptors (Lipinski definition) is 3. The predicted molar refractivity (Wildman–Crippen MR) is 65.8 cm³/mol. The Kier molecular flexibility index (Phi) is 8.13. The average Bonchev–Trinajstić information content (AvgIpc) is 2.80. The highest BCUT2D eigenvalue weighted by atomic mass is 16.4. The van der Waals surface area contributed by atoms with Crippen LogP contribution in [-0.2, 0) is 4.79 Å². The highest BCUT2D eigenvalue weighted by Crippen LogP contribution is 2.05. The Balaban J connectivity index is 0.000000302. The Labute approximate surface area is 102 Å². The van der Waals surface area contributed by atoms with Crippen molar-refractivity contribution in [1.29, 1.82) is 0 Å². The molecule has 6 nitrogen and oxygen atoms in total. The monoisotopic (exact) mass is 245 g/mol. The molecule has 0 radical (unpaired) electrons. The molecule has 1 heterocycles. The van der Waals surface area contributed by atoms with E-state index in [0.29, 0.717) is 6.54 Å². The summed E-state index contributed by atoms with van der Waals surface area (Å²) in [7, 11) is 1.91. The normalized spacial score (nSPS) is 14.4. The third kappa shape index (κ3) is 8.50. The summed E-state index contributed by atoms with van der Waals surface area (Å²) in [4.78, 5) is 24.0. The van der Waals surface area contributed by atoms with Gasteiger partial charge in [0.2, 0.25) is 0 Å². The number of urea groups is 1. The van der Waals surface area contributed by atoms with Gasteiger partial charge in [0.25, 0.3) is 0 Å². The quantitative estimate of drug-likeness (QED) is 0.758. The number of hydrogen-bond donors (Lipinski definition) is 2. The van der Waals surface area contributed by atoms with E-state index in [1.165, 1.54) is 0 Å². The molecule has 3 N–H and O–H groups in total. The zero-order chi connectivity index (χ0) is 13.3. The standard InChI is InChI=1S/C6H13NO2.C5H10N2O/c1-3-7(2)5-4-6(8)9;6-5(8)7-3-1-2-4-7/h3-5H2,1-2H3,(H,8,9);1-4H2,(H2,6,8). The molecular weight excluding hydrogens is 222 g/mol. The summed E-state index contributed by atoms with van der Waals surface area (Å²) in [5.41, 5.74) is 4.98. The van der Waals surface area contributed by atoms with E-state index in [9.17, 15) is 9.59 Å². The van der Waals surface area contributed by atoms with Crippen LogP contribution in [0.25, 0.3) is 0 Å². The molecule has 1 fully saturated rings. The molecule has 0 aliphatic carbocycles. The molecule has 0 bridgehead atoms. The lowest BCUT2D eigenvalue weighted by Gasteiger charge is -2.10. The van der Waals surface area contributed by atoms with E-state index in [4.69, 9.17) is 10.8 Å². The number of likely N-dealkylation sites (tertiary alicyclic amines) is 1. The van der Waals surface area contributed by atoms with E-state index < -0.39 is 5.97 Å². The summed E-state index contributed by atoms with van der Waals surface area (Å²) < 4.78 is 0. The van der Waals surface area contributed by atoms with Crippen molar-refractivity contribution in [2.45, 2.75) is 26.2 Å². The lowest BCUT2D eigenvalue weighted by Crippen LogP contribution is -2.32. The van der Waals surface area contributed by atoms with Gasteiger partial charge in [-0.05, 0) is 26.4 Å². The highest BCUT2D eigenvalue weighted by Gasteiger charge is 2.13. The van der Waals surface area contributed by atoms with Crippen LogP contribution in [0.15, 0.2) is 0 Å². The van der Waals surface area contributed by atoms with E-state index in [2.05, 4.69) is 0 Å². The summed E-state index contributed by atoms with van der Waals surface area (Å²) in [6, 6.07) is -0.275. The summed E-state index contributed by atoms with van der Waals surface area (Å²) >= 11 is 0. The van der Waals surface area contributed by atoms with Crippen LogP contribution in [0, 0.1) is 0 Å². The molecule has 0 atom stereocenters. The smallest absolute Gasteiger partial charge is 0.314 e. The Morgan fingerprint density at radius 2 is 1.88 bits per heavy atom. The fourth-order valence-corrected chi connectivity index (χ4v) is 1.38. The van der Waals surface area contributed by atoms with Gasteiger partial charge >= 0.3 is 12.0 Å². The maximum Gasteiger partial charge on any atom is 0.314 e. The maximum absolute atomic E-state index is 10.3. The van der Waals surface area contributed by atoms with Gasteiger partial charge in [-0.15, -0.1) is 0 Å². The van der Waals surface area contributed by atoms with Gasteiger partial charge in [-0.2, -0.15) is 0 Å². The van der Waals surface area contributed by atoms with Crippen molar-refractivity contribution in [2.75, 3.05) is 33.2 Å². The Morgan fingerprint density at radius 1 is 1.35 bits per heavy atom. The Morgan fingerprint density at radius 3 is 2.18 bits per heavy atom. The largest absolute Gasteiger partial charge is 0.481 e. The molecule has 1 rings (SSSR count). The minimum atomic E-state index is -0.727. The number of nitrogens with two attached hydrogens (primary N) is 1. The second-order valence-electron chi connectivity index (χ2n) is 4.07. The Hall–Kier alpha value is -1.30. The second-order valence-corrected chi connectivity index (χ2v) is 4.07. The molecule has 1 saturated heterocycles. The number of amides is 2. The number of aliphatic carboxylic acids is 1. The number of carbonyl (C=O) groups is 2. The van der Waals surface area contributed by atoms with Crippen molar-refractivity contribution in [3.05, 3.63) is 0 Å². The van der Waals surface area contributed by atoms with Crippen LogP contribution in [0.5, 0.6) is 0 Å². The molecule has 0 unspecified atom stereocenters. The summed E-state index contributed by atoms with van der Waals surface area (Å²) in [6.07, 6.45) is 2.47. The Bertz CT molecular complexity index is 240. The van der Waals surface area contributed by atoms with Crippen molar-refractivity contribution >= 4 is 12.0 Å². The van der Waals surface area contributed by atoms with Crippen molar-refractivity contribution in [2.24, 2.45) is 5.73 Å². The first-order valence-electron chi connectivity index (χ1n) is 5.92. The number of primary amides is 1. The number of carbonyl (C=O) groups excluding carboxylic acids is 1. The van der Waals surface area contributed by atoms with Crippen LogP contribution in [0.2, 0.25) is 0 Å². The van der Waals surface area contributed by atoms with E-state index >= 15 is 0 Å². The van der Waals surface area contributed by atoms with E-state index in [-0.39, 0.29) is 12.5 Å². The van der Waals surface area contributed by atoms with Gasteiger partial charge < -0.3 is 20.6 Å². The minimum absolute atomic E-state index is 0.240. The molecule has 0 aromatic heterocycles. The van der Waals surface area contributed by atoms with E-state index in [0.717, 1.165) is 32.5 Å². The van der Waals surface area contributed by atoms with Gasteiger partial charge in [-0.1, -0.05) is 6.92 Å². The first-order valence-corrected chi connectivity index (χ1v) is 5.92. The summed E-state index contributed by atoms with van der Waals surface area (Å²) in [5, 5.41) is 8.23. The van der Waals surface area contributed by atoms with Crippen LogP contribution in [0.4, 0.5) is 4.79 Å². The zero-order valence-electron chi connectivity index (χ0n) is 10.7. The molecule has 1 aliphatic heterocycles. The van der Waals surface area contributed by atoms with Crippen LogP contribution < -0.4 is 5.73 Å². The van der Waals surface area contributed by atoms with Crippen molar-refractivity contribution in [3.8, 4) is 0 Å². The second kappa shape index (κ2) is 8.81. The molecule has 0 aromatic carbocycles. The zero-order valence-corrected chi connectivity index (χ0v) is 10.7. The first-order chi connectivity index (χ1) is 7.97. The molecule has 0 spiro atoms. The van der Waals surface area contributed by atoms with E-state index in [1.807, 2.05) is 18.9 Å². The lowest BCUT2D eigenvalue weighted by molar-refractivity contribution is -0.137. The van der Waals surface area contributed by atoms with Gasteiger partial charge in [-0.3, -0.25) is 4.79 Å². The van der Waals surface area contributed by atoms with Crippen LogP contribution in [-0.4, -0.2) is 60.1 Å². The SMILES string of the molecule is CCN(C)CCC(=O)O.NC(=O)N1CCCC1. The minimum Gasteiger partial charge on any atom is -0.481 e. The van der Waals surface area contributed by atoms with Crippen molar-refractivity contribution in [1.82, 2.24) is 9.80 Å². The molecular formula is C11H23N3O3. The molecule has 17 heavy (non-hydrogen) atoms. The van der Waals surface area contributed by atoms with E-state index in [1.54, 1.807) is 4.90 Å². The maximum atomic E-state index is 10.3. The van der Waals surface area contributed by atoms with Gasteiger partial charge in [0.15, 0.2) is 0 Å². The molecule has 1 aliphatic rings. The van der Waals surface area contributed by atoms with Crippen LogP contribution >= 0.6 is 0 Å². The highest BCUT2D eigenvalue weighted by molar-refractivity contribution is 5.72. The van der Waals surface area contributed by atoms with Gasteiger partial charge in [0.1, 0.15) is 0 Å². The number of carboxylic acid groups (broad SMARTS) is 1. The molecule has 0 saturated carbocycles. The number of carboxylic acids is 1. The van der Waals surface area contributed by atoms with Crippen molar-refractivity contribution in [3.63, 3.8) is 0 Å². The summed E-state index contributed by atoms with van der Waals surface area (Å²) in [5.74, 6) is -0.727. The topological polar surface area (TPSA) is 86.9 Å². The fraction of sp³-hybridized carbons (Fsp3) is 0.818.